The van der Waals surface area contributed by atoms with Crippen LogP contribution < -0.4 is 0 Å². The van der Waals surface area contributed by atoms with E-state index in [0.29, 0.717) is 0 Å². The maximum Gasteiger partial charge on any atom is 0.190 e. The molecule has 0 aliphatic heterocycles. The number of ketones is 1. The summed E-state index contributed by atoms with van der Waals surface area (Å²) in [5.74, 6) is 0.195. The van der Waals surface area contributed by atoms with E-state index in [-0.39, 0.29) is 5.78 Å². The van der Waals surface area contributed by atoms with Gasteiger partial charge < -0.3 is 0 Å². The average molecular weight is 378 g/mol. The molecule has 0 spiro atoms. The van der Waals surface area contributed by atoms with Crippen molar-refractivity contribution < 1.29 is 4.79 Å². The summed E-state index contributed by atoms with van der Waals surface area (Å²) < 4.78 is 1.93. The van der Waals surface area contributed by atoms with Crippen molar-refractivity contribution in [2.24, 2.45) is 0 Å². The number of allylic oxidation sites excluding steroid dienone is 2. The van der Waals surface area contributed by atoms with E-state index in [0.717, 1.165) is 38.0 Å². The molecular weight excluding hydrogens is 364 g/mol. The smallest absolute Gasteiger partial charge is 0.190 e. The summed E-state index contributed by atoms with van der Waals surface area (Å²) in [5.41, 5.74) is 1.80. The summed E-state index contributed by atoms with van der Waals surface area (Å²) in [6, 6.07) is 1.91. The molecule has 1 aromatic rings. The Kier molecular flexibility index (Phi) is 5.00. The highest BCUT2D eigenvalue weighted by atomic mass is 79.9. The second kappa shape index (κ2) is 6.30. The number of carbonyl (C=O) groups is 1. The molecule has 0 radical (unpaired) electrons. The van der Waals surface area contributed by atoms with Crippen LogP contribution in [-0.2, 0) is 0 Å². The number of Topliss-reactive ketones (excluding diaryl/α,β-unsaturated/α-hetero) is 1. The van der Waals surface area contributed by atoms with Crippen LogP contribution in [0.25, 0.3) is 0 Å². The normalized spacial score (nSPS) is 17.2. The first-order chi connectivity index (χ1) is 8.18. The second-order valence-electron chi connectivity index (χ2n) is 4.25. The van der Waals surface area contributed by atoms with Crippen LogP contribution in [0, 0.1) is 0 Å². The zero-order valence-electron chi connectivity index (χ0n) is 9.47. The van der Waals surface area contributed by atoms with Crippen molar-refractivity contribution in [3.63, 3.8) is 0 Å². The molecule has 17 heavy (non-hydrogen) atoms. The van der Waals surface area contributed by atoms with Crippen molar-refractivity contribution in [2.75, 3.05) is 0 Å². The summed E-state index contributed by atoms with van der Waals surface area (Å²) in [5, 5.41) is 0. The molecule has 0 amide bonds. The molecule has 0 saturated carbocycles. The SMILES string of the molecule is O=C(C1=CCCCCCC1)c1cc(Br)sc1Br. The third-order valence-corrected chi connectivity index (χ3v) is 5.32. The molecule has 2 rings (SSSR count). The van der Waals surface area contributed by atoms with Gasteiger partial charge in [0.1, 0.15) is 0 Å². The molecule has 92 valence electrons. The van der Waals surface area contributed by atoms with Crippen LogP contribution in [0.15, 0.2) is 25.3 Å². The second-order valence-corrected chi connectivity index (χ2v) is 8.00. The predicted octanol–water partition coefficient (Wildman–Crippen LogP) is 5.74. The third-order valence-electron chi connectivity index (χ3n) is 2.98. The lowest BCUT2D eigenvalue weighted by atomic mass is 9.95. The Hall–Kier alpha value is 0.0700. The number of hydrogen-bond acceptors (Lipinski definition) is 2. The number of carbonyl (C=O) groups excluding carboxylic acids is 1. The molecular formula is C13H14Br2OS. The van der Waals surface area contributed by atoms with Crippen LogP contribution in [0.2, 0.25) is 0 Å². The van der Waals surface area contributed by atoms with E-state index < -0.39 is 0 Å². The highest BCUT2D eigenvalue weighted by molar-refractivity contribution is 9.12. The molecule has 4 heteroatoms. The Morgan fingerprint density at radius 3 is 2.65 bits per heavy atom. The first-order valence-electron chi connectivity index (χ1n) is 5.87. The summed E-state index contributed by atoms with van der Waals surface area (Å²) in [4.78, 5) is 12.4. The highest BCUT2D eigenvalue weighted by Crippen LogP contribution is 2.34. The van der Waals surface area contributed by atoms with Gasteiger partial charge in [-0.2, -0.15) is 0 Å². The lowest BCUT2D eigenvalue weighted by Gasteiger charge is -2.09. The zero-order valence-corrected chi connectivity index (χ0v) is 13.5. The molecule has 0 bridgehead atoms. The van der Waals surface area contributed by atoms with Gasteiger partial charge in [-0.1, -0.05) is 18.9 Å². The Morgan fingerprint density at radius 1 is 1.18 bits per heavy atom. The zero-order chi connectivity index (χ0) is 12.3. The van der Waals surface area contributed by atoms with Crippen molar-refractivity contribution in [1.82, 2.24) is 0 Å². The van der Waals surface area contributed by atoms with Crippen LogP contribution in [0.3, 0.4) is 0 Å². The maximum absolute atomic E-state index is 12.4. The van der Waals surface area contributed by atoms with Gasteiger partial charge >= 0.3 is 0 Å². The summed E-state index contributed by atoms with van der Waals surface area (Å²) in [6.45, 7) is 0. The van der Waals surface area contributed by atoms with Crippen LogP contribution in [0.1, 0.15) is 48.9 Å². The van der Waals surface area contributed by atoms with Gasteiger partial charge in [-0.25, -0.2) is 0 Å². The Labute approximate surface area is 123 Å². The van der Waals surface area contributed by atoms with Gasteiger partial charge in [0.2, 0.25) is 0 Å². The molecule has 1 aliphatic carbocycles. The molecule has 1 aromatic heterocycles. The minimum atomic E-state index is 0.195. The number of rotatable bonds is 2. The van der Waals surface area contributed by atoms with Crippen molar-refractivity contribution in [1.29, 1.82) is 0 Å². The minimum absolute atomic E-state index is 0.195. The van der Waals surface area contributed by atoms with Gasteiger partial charge in [0.15, 0.2) is 5.78 Å². The van der Waals surface area contributed by atoms with Crippen molar-refractivity contribution in [3.8, 4) is 0 Å². The number of halogens is 2. The molecule has 1 nitrogen and oxygen atoms in total. The van der Waals surface area contributed by atoms with Gasteiger partial charge in [0, 0.05) is 5.56 Å². The Bertz CT molecular complexity index is 448. The predicted molar refractivity (Wildman–Crippen MR) is 79.8 cm³/mol. The maximum atomic E-state index is 12.4. The summed E-state index contributed by atoms with van der Waals surface area (Å²) >= 11 is 8.44. The van der Waals surface area contributed by atoms with E-state index in [1.165, 1.54) is 19.3 Å². The van der Waals surface area contributed by atoms with Crippen molar-refractivity contribution in [3.05, 3.63) is 30.9 Å². The molecule has 1 heterocycles. The fourth-order valence-corrected chi connectivity index (χ4v) is 4.86. The van der Waals surface area contributed by atoms with Gasteiger partial charge in [-0.3, -0.25) is 4.79 Å². The first kappa shape index (κ1) is 13.5. The highest BCUT2D eigenvalue weighted by Gasteiger charge is 2.18. The lowest BCUT2D eigenvalue weighted by Crippen LogP contribution is -2.04. The molecule has 0 saturated heterocycles. The molecule has 0 aromatic carbocycles. The van der Waals surface area contributed by atoms with Crippen molar-refractivity contribution in [2.45, 2.75) is 38.5 Å². The van der Waals surface area contributed by atoms with E-state index in [1.807, 2.05) is 6.07 Å². The van der Waals surface area contributed by atoms with E-state index >= 15 is 0 Å². The van der Waals surface area contributed by atoms with Crippen LogP contribution in [-0.4, -0.2) is 5.78 Å². The quantitative estimate of drug-likeness (QED) is 0.601. The van der Waals surface area contributed by atoms with E-state index in [9.17, 15) is 4.79 Å². The van der Waals surface area contributed by atoms with E-state index in [2.05, 4.69) is 37.9 Å². The Balaban J connectivity index is 2.20. The van der Waals surface area contributed by atoms with Gasteiger partial charge in [0.25, 0.3) is 0 Å². The molecule has 0 N–H and O–H groups in total. The van der Waals surface area contributed by atoms with Crippen molar-refractivity contribution >= 4 is 49.0 Å². The molecule has 0 fully saturated rings. The van der Waals surface area contributed by atoms with Crippen LogP contribution in [0.4, 0.5) is 0 Å². The fraction of sp³-hybridized carbons (Fsp3) is 0.462. The lowest BCUT2D eigenvalue weighted by molar-refractivity contribution is 0.102. The van der Waals surface area contributed by atoms with Crippen LogP contribution >= 0.6 is 43.2 Å². The monoisotopic (exact) mass is 376 g/mol. The van der Waals surface area contributed by atoms with Gasteiger partial charge in [0.05, 0.1) is 7.57 Å². The molecule has 1 aliphatic rings. The third kappa shape index (κ3) is 3.52. The van der Waals surface area contributed by atoms with Crippen LogP contribution in [0.5, 0.6) is 0 Å². The number of hydrogen-bond donors (Lipinski definition) is 0. The summed E-state index contributed by atoms with van der Waals surface area (Å²) in [7, 11) is 0. The van der Waals surface area contributed by atoms with Gasteiger partial charge in [-0.15, -0.1) is 11.3 Å². The fourth-order valence-electron chi connectivity index (χ4n) is 2.07. The first-order valence-corrected chi connectivity index (χ1v) is 8.27. The molecule has 0 unspecified atom stereocenters. The number of thiophene rings is 1. The van der Waals surface area contributed by atoms with E-state index in [4.69, 9.17) is 0 Å². The van der Waals surface area contributed by atoms with E-state index in [1.54, 1.807) is 11.3 Å². The topological polar surface area (TPSA) is 17.1 Å². The van der Waals surface area contributed by atoms with Gasteiger partial charge in [-0.05, 0) is 69.2 Å². The summed E-state index contributed by atoms with van der Waals surface area (Å²) in [6.07, 6.45) is 9.01. The largest absolute Gasteiger partial charge is 0.289 e. The Morgan fingerprint density at radius 2 is 1.94 bits per heavy atom. The molecule has 0 atom stereocenters. The average Bonchev–Trinajstić information content (AvgIpc) is 2.56. The minimum Gasteiger partial charge on any atom is -0.289 e. The standard InChI is InChI=1S/C13H14Br2OS/c14-11-8-10(13(15)17-11)12(16)9-6-4-2-1-3-5-7-9/h6,8H,1-5,7H2.